The van der Waals surface area contributed by atoms with Gasteiger partial charge in [-0.05, 0) is 38.0 Å². The molecule has 0 bridgehead atoms. The molecule has 1 unspecified atom stereocenters. The van der Waals surface area contributed by atoms with Crippen LogP contribution >= 0.6 is 0 Å². The van der Waals surface area contributed by atoms with Gasteiger partial charge in [-0.15, -0.1) is 0 Å². The molecule has 0 amide bonds. The summed E-state index contributed by atoms with van der Waals surface area (Å²) in [5.74, 6) is 0.690. The monoisotopic (exact) mass is 264 g/mol. The molecule has 0 heterocycles. The Morgan fingerprint density at radius 2 is 1.94 bits per heavy atom. The Hall–Kier alpha value is -0.130. The van der Waals surface area contributed by atoms with Gasteiger partial charge >= 0.3 is 0 Å². The van der Waals surface area contributed by atoms with Crippen LogP contribution in [-0.2, 0) is 14.6 Å². The average molecular weight is 264 g/mol. The Balaban J connectivity index is 2.60. The lowest BCUT2D eigenvalue weighted by molar-refractivity contribution is -0.128. The third kappa shape index (κ3) is 4.23. The summed E-state index contributed by atoms with van der Waals surface area (Å²) in [4.78, 5) is 0. The van der Waals surface area contributed by atoms with E-state index in [-0.39, 0.29) is 12.2 Å². The predicted octanol–water partition coefficient (Wildman–Crippen LogP) is 1.38. The van der Waals surface area contributed by atoms with Crippen molar-refractivity contribution >= 4 is 9.84 Å². The quantitative estimate of drug-likeness (QED) is 0.815. The summed E-state index contributed by atoms with van der Waals surface area (Å²) in [6.45, 7) is 2.20. The second-order valence-electron chi connectivity index (χ2n) is 5.39. The molecule has 1 aliphatic carbocycles. The van der Waals surface area contributed by atoms with Crippen LogP contribution < -0.4 is 0 Å². The lowest BCUT2D eigenvalue weighted by Crippen LogP contribution is -2.47. The van der Waals surface area contributed by atoms with Crippen LogP contribution in [0.15, 0.2) is 0 Å². The maximum Gasteiger partial charge on any atom is 0.147 e. The highest BCUT2D eigenvalue weighted by molar-refractivity contribution is 7.90. The highest BCUT2D eigenvalue weighted by Gasteiger charge is 2.40. The number of rotatable bonds is 5. The third-order valence-electron chi connectivity index (χ3n) is 3.90. The number of hydrogen-bond donors (Lipinski definition) is 1. The molecule has 17 heavy (non-hydrogen) atoms. The molecule has 1 aliphatic rings. The molecule has 4 nitrogen and oxygen atoms in total. The van der Waals surface area contributed by atoms with Crippen LogP contribution in [0.2, 0.25) is 0 Å². The first-order valence-corrected chi connectivity index (χ1v) is 8.26. The van der Waals surface area contributed by atoms with Crippen LogP contribution in [0.3, 0.4) is 0 Å². The van der Waals surface area contributed by atoms with E-state index in [9.17, 15) is 13.5 Å². The molecule has 0 aromatic carbocycles. The van der Waals surface area contributed by atoms with Crippen LogP contribution in [-0.4, -0.2) is 44.3 Å². The number of aliphatic hydroxyl groups is 1. The summed E-state index contributed by atoms with van der Waals surface area (Å²) in [6.07, 6.45) is 4.47. The standard InChI is InChI=1S/C12H24O4S/c1-10-4-7-12(16-2,8-5-10)11(13)6-9-17(3,14)15/h10-11,13H,4-9H2,1-3H3. The first-order chi connectivity index (χ1) is 7.79. The van der Waals surface area contributed by atoms with E-state index in [2.05, 4.69) is 6.92 Å². The van der Waals surface area contributed by atoms with Crippen molar-refractivity contribution in [2.75, 3.05) is 19.1 Å². The summed E-state index contributed by atoms with van der Waals surface area (Å²) in [5, 5.41) is 10.2. The minimum atomic E-state index is -3.02. The topological polar surface area (TPSA) is 63.6 Å². The van der Waals surface area contributed by atoms with Gasteiger partial charge in [-0.1, -0.05) is 6.92 Å². The van der Waals surface area contributed by atoms with Gasteiger partial charge in [-0.2, -0.15) is 0 Å². The smallest absolute Gasteiger partial charge is 0.147 e. The zero-order chi connectivity index (χ0) is 13.1. The normalized spacial score (nSPS) is 32.4. The molecule has 5 heteroatoms. The molecule has 0 radical (unpaired) electrons. The summed E-state index contributed by atoms with van der Waals surface area (Å²) in [6, 6.07) is 0. The molecule has 0 aromatic heterocycles. The van der Waals surface area contributed by atoms with Gasteiger partial charge in [-0.3, -0.25) is 0 Å². The van der Waals surface area contributed by atoms with Crippen LogP contribution in [0.25, 0.3) is 0 Å². The van der Waals surface area contributed by atoms with E-state index in [1.165, 1.54) is 6.26 Å². The summed E-state index contributed by atoms with van der Waals surface area (Å²) in [7, 11) is -1.41. The van der Waals surface area contributed by atoms with Gasteiger partial charge in [0.2, 0.25) is 0 Å². The zero-order valence-electron chi connectivity index (χ0n) is 11.0. The minimum Gasteiger partial charge on any atom is -0.390 e. The van der Waals surface area contributed by atoms with E-state index in [0.29, 0.717) is 5.92 Å². The molecule has 0 aromatic rings. The van der Waals surface area contributed by atoms with E-state index in [4.69, 9.17) is 4.74 Å². The lowest BCUT2D eigenvalue weighted by Gasteiger charge is -2.41. The fourth-order valence-corrected chi connectivity index (χ4v) is 3.16. The number of sulfone groups is 1. The van der Waals surface area contributed by atoms with Crippen molar-refractivity contribution in [3.05, 3.63) is 0 Å². The van der Waals surface area contributed by atoms with Gasteiger partial charge in [0, 0.05) is 13.4 Å². The van der Waals surface area contributed by atoms with Crippen molar-refractivity contribution in [2.45, 2.75) is 50.7 Å². The van der Waals surface area contributed by atoms with Crippen LogP contribution in [0.1, 0.15) is 39.0 Å². The van der Waals surface area contributed by atoms with Crippen molar-refractivity contribution in [1.82, 2.24) is 0 Å². The molecular weight excluding hydrogens is 240 g/mol. The summed E-state index contributed by atoms with van der Waals surface area (Å²) in [5.41, 5.74) is -0.531. The van der Waals surface area contributed by atoms with Gasteiger partial charge in [0.1, 0.15) is 9.84 Å². The Kier molecular flexibility index (Phi) is 4.98. The fourth-order valence-electron chi connectivity index (χ4n) is 2.51. The lowest BCUT2D eigenvalue weighted by atomic mass is 9.75. The van der Waals surface area contributed by atoms with Gasteiger partial charge in [0.05, 0.1) is 17.5 Å². The Bertz CT molecular complexity index is 328. The van der Waals surface area contributed by atoms with Crippen molar-refractivity contribution in [3.63, 3.8) is 0 Å². The largest absolute Gasteiger partial charge is 0.390 e. The molecule has 1 saturated carbocycles. The maximum atomic E-state index is 11.1. The third-order valence-corrected chi connectivity index (χ3v) is 4.87. The SMILES string of the molecule is COC1(C(O)CCS(C)(=O)=O)CCC(C)CC1. The number of hydrogen-bond acceptors (Lipinski definition) is 4. The number of aliphatic hydroxyl groups excluding tert-OH is 1. The molecule has 0 spiro atoms. The molecule has 1 atom stereocenters. The fraction of sp³-hybridized carbons (Fsp3) is 1.00. The van der Waals surface area contributed by atoms with E-state index < -0.39 is 21.5 Å². The summed E-state index contributed by atoms with van der Waals surface area (Å²) >= 11 is 0. The average Bonchev–Trinajstić information content (AvgIpc) is 2.26. The highest BCUT2D eigenvalue weighted by Crippen LogP contribution is 2.37. The molecular formula is C12H24O4S. The second-order valence-corrected chi connectivity index (χ2v) is 7.65. The highest BCUT2D eigenvalue weighted by atomic mass is 32.2. The minimum absolute atomic E-state index is 0.0226. The number of methoxy groups -OCH3 is 1. The predicted molar refractivity (Wildman–Crippen MR) is 67.7 cm³/mol. The van der Waals surface area contributed by atoms with Crippen LogP contribution in [0.5, 0.6) is 0 Å². The van der Waals surface area contributed by atoms with Gasteiger partial charge in [-0.25, -0.2) is 8.42 Å². The van der Waals surface area contributed by atoms with Crippen molar-refractivity contribution in [2.24, 2.45) is 5.92 Å². The molecule has 1 fully saturated rings. The zero-order valence-corrected chi connectivity index (χ0v) is 11.8. The van der Waals surface area contributed by atoms with Crippen LogP contribution in [0, 0.1) is 5.92 Å². The Labute approximate surface area is 104 Å². The maximum absolute atomic E-state index is 11.1. The Morgan fingerprint density at radius 3 is 2.35 bits per heavy atom. The molecule has 0 aliphatic heterocycles. The summed E-state index contributed by atoms with van der Waals surface area (Å²) < 4.78 is 27.7. The van der Waals surface area contributed by atoms with E-state index in [0.717, 1.165) is 25.7 Å². The van der Waals surface area contributed by atoms with Crippen molar-refractivity contribution in [3.8, 4) is 0 Å². The first-order valence-electron chi connectivity index (χ1n) is 6.20. The molecule has 0 saturated heterocycles. The van der Waals surface area contributed by atoms with E-state index >= 15 is 0 Å². The molecule has 1 rings (SSSR count). The van der Waals surface area contributed by atoms with Crippen LogP contribution in [0.4, 0.5) is 0 Å². The number of ether oxygens (including phenoxy) is 1. The van der Waals surface area contributed by atoms with Gasteiger partial charge < -0.3 is 9.84 Å². The van der Waals surface area contributed by atoms with Gasteiger partial charge in [0.15, 0.2) is 0 Å². The molecule has 1 N–H and O–H groups in total. The second kappa shape index (κ2) is 5.67. The van der Waals surface area contributed by atoms with E-state index in [1.807, 2.05) is 0 Å². The van der Waals surface area contributed by atoms with Gasteiger partial charge in [0.25, 0.3) is 0 Å². The first kappa shape index (κ1) is 14.9. The molecule has 102 valence electrons. The van der Waals surface area contributed by atoms with Crippen molar-refractivity contribution in [1.29, 1.82) is 0 Å². The van der Waals surface area contributed by atoms with Crippen molar-refractivity contribution < 1.29 is 18.3 Å². The van der Waals surface area contributed by atoms with E-state index in [1.54, 1.807) is 7.11 Å². The Morgan fingerprint density at radius 1 is 1.41 bits per heavy atom.